The first kappa shape index (κ1) is 18.2. The number of amides is 1. The molecule has 0 spiro atoms. The van der Waals surface area contributed by atoms with Crippen LogP contribution in [0.4, 0.5) is 5.00 Å². The zero-order valence-corrected chi connectivity index (χ0v) is 15.2. The summed E-state index contributed by atoms with van der Waals surface area (Å²) in [5.41, 5.74) is 2.72. The Bertz CT molecular complexity index is 731. The van der Waals surface area contributed by atoms with E-state index in [-0.39, 0.29) is 5.91 Å². The molecule has 1 aromatic heterocycles. The zero-order chi connectivity index (χ0) is 17.5. The molecule has 1 heterocycles. The van der Waals surface area contributed by atoms with Gasteiger partial charge in [-0.3, -0.25) is 9.69 Å². The number of anilines is 1. The van der Waals surface area contributed by atoms with E-state index in [9.17, 15) is 10.1 Å². The molecule has 0 fully saturated rings. The van der Waals surface area contributed by atoms with E-state index in [1.54, 1.807) is 0 Å². The number of nitrogens with zero attached hydrogens (tertiary/aromatic N) is 2. The molecule has 1 N–H and O–H groups in total. The van der Waals surface area contributed by atoms with Gasteiger partial charge in [0.15, 0.2) is 0 Å². The van der Waals surface area contributed by atoms with E-state index in [1.807, 2.05) is 32.0 Å². The van der Waals surface area contributed by atoms with Crippen molar-refractivity contribution >= 4 is 22.2 Å². The lowest BCUT2D eigenvalue weighted by Gasteiger charge is -2.21. The first-order valence-corrected chi connectivity index (χ1v) is 8.93. The van der Waals surface area contributed by atoms with Crippen molar-refractivity contribution in [2.75, 3.05) is 18.4 Å². The summed E-state index contributed by atoms with van der Waals surface area (Å²) in [5, 5.41) is 12.9. The van der Waals surface area contributed by atoms with Crippen molar-refractivity contribution < 1.29 is 4.79 Å². The van der Waals surface area contributed by atoms with Crippen molar-refractivity contribution in [3.63, 3.8) is 0 Å². The summed E-state index contributed by atoms with van der Waals surface area (Å²) in [5.74, 6) is -0.0721. The van der Waals surface area contributed by atoms with Gasteiger partial charge in [0, 0.05) is 11.4 Å². The van der Waals surface area contributed by atoms with Gasteiger partial charge < -0.3 is 5.32 Å². The van der Waals surface area contributed by atoms with Crippen molar-refractivity contribution in [1.29, 1.82) is 5.26 Å². The van der Waals surface area contributed by atoms with E-state index in [4.69, 9.17) is 0 Å². The van der Waals surface area contributed by atoms with Crippen LogP contribution in [0.2, 0.25) is 0 Å². The van der Waals surface area contributed by atoms with Crippen molar-refractivity contribution in [3.05, 3.63) is 51.9 Å². The number of hydrogen-bond donors (Lipinski definition) is 1. The predicted octanol–water partition coefficient (Wildman–Crippen LogP) is 4.09. The zero-order valence-electron chi connectivity index (χ0n) is 14.4. The molecule has 0 aliphatic heterocycles. The molecule has 0 bridgehead atoms. The minimum atomic E-state index is -0.0721. The molecule has 0 aliphatic carbocycles. The maximum absolute atomic E-state index is 12.4. The largest absolute Gasteiger partial charge is 0.315 e. The van der Waals surface area contributed by atoms with Gasteiger partial charge in [0.2, 0.25) is 5.91 Å². The van der Waals surface area contributed by atoms with Crippen molar-refractivity contribution in [2.24, 2.45) is 0 Å². The summed E-state index contributed by atoms with van der Waals surface area (Å²) < 4.78 is 0. The Morgan fingerprint density at radius 3 is 2.62 bits per heavy atom. The van der Waals surface area contributed by atoms with Gasteiger partial charge in [-0.15, -0.1) is 11.3 Å². The molecule has 1 aromatic carbocycles. The Labute approximate surface area is 147 Å². The summed E-state index contributed by atoms with van der Waals surface area (Å²) in [6.07, 6.45) is 0.987. The standard InChI is InChI=1S/C19H23N3OS/c1-4-10-22(12-16-8-6-5-7-9-16)13-18(23)21-19-17(11-20)14(2)15(3)24-19/h5-9H,4,10,12-13H2,1-3H3,(H,21,23). The first-order valence-electron chi connectivity index (χ1n) is 8.11. The number of rotatable bonds is 7. The number of benzene rings is 1. The minimum absolute atomic E-state index is 0.0721. The Morgan fingerprint density at radius 2 is 2.00 bits per heavy atom. The molecule has 5 heteroatoms. The Hall–Kier alpha value is -2.16. The third kappa shape index (κ3) is 4.67. The summed E-state index contributed by atoms with van der Waals surface area (Å²) in [7, 11) is 0. The van der Waals surface area contributed by atoms with Crippen LogP contribution in [0.1, 0.15) is 34.9 Å². The van der Waals surface area contributed by atoms with Crippen LogP contribution in [0.3, 0.4) is 0 Å². The second-order valence-corrected chi connectivity index (χ2v) is 7.07. The maximum Gasteiger partial charge on any atom is 0.239 e. The van der Waals surface area contributed by atoms with Gasteiger partial charge in [0.05, 0.1) is 12.1 Å². The van der Waals surface area contributed by atoms with Gasteiger partial charge in [-0.05, 0) is 37.9 Å². The van der Waals surface area contributed by atoms with Crippen LogP contribution in [0.5, 0.6) is 0 Å². The van der Waals surface area contributed by atoms with Crippen LogP contribution in [-0.2, 0) is 11.3 Å². The molecule has 24 heavy (non-hydrogen) atoms. The monoisotopic (exact) mass is 341 g/mol. The van der Waals surface area contributed by atoms with Crippen LogP contribution in [0, 0.1) is 25.2 Å². The van der Waals surface area contributed by atoms with E-state index in [0.717, 1.165) is 30.0 Å². The molecule has 4 nitrogen and oxygen atoms in total. The first-order chi connectivity index (χ1) is 11.5. The SMILES string of the molecule is CCCN(CC(=O)Nc1sc(C)c(C)c1C#N)Cc1ccccc1. The quantitative estimate of drug-likeness (QED) is 0.825. The van der Waals surface area contributed by atoms with E-state index in [1.165, 1.54) is 16.9 Å². The highest BCUT2D eigenvalue weighted by Crippen LogP contribution is 2.31. The maximum atomic E-state index is 12.4. The van der Waals surface area contributed by atoms with E-state index < -0.39 is 0 Å². The smallest absolute Gasteiger partial charge is 0.239 e. The lowest BCUT2D eigenvalue weighted by Crippen LogP contribution is -2.33. The Kier molecular flexibility index (Phi) is 6.53. The molecule has 2 rings (SSSR count). The fraction of sp³-hybridized carbons (Fsp3) is 0.368. The fourth-order valence-electron chi connectivity index (χ4n) is 2.59. The van der Waals surface area contributed by atoms with E-state index in [0.29, 0.717) is 17.1 Å². The lowest BCUT2D eigenvalue weighted by molar-refractivity contribution is -0.117. The van der Waals surface area contributed by atoms with E-state index in [2.05, 4.69) is 35.3 Å². The van der Waals surface area contributed by atoms with Crippen molar-refractivity contribution in [1.82, 2.24) is 4.90 Å². The van der Waals surface area contributed by atoms with E-state index >= 15 is 0 Å². The summed E-state index contributed by atoms with van der Waals surface area (Å²) in [6, 6.07) is 12.3. The molecule has 0 unspecified atom stereocenters. The summed E-state index contributed by atoms with van der Waals surface area (Å²) in [4.78, 5) is 15.6. The number of carbonyl (C=O) groups excluding carboxylic acids is 1. The number of thiophene rings is 1. The molecule has 0 saturated carbocycles. The molecule has 1 amide bonds. The molecule has 0 aliphatic rings. The van der Waals surface area contributed by atoms with Gasteiger partial charge >= 0.3 is 0 Å². The van der Waals surface area contributed by atoms with Crippen LogP contribution >= 0.6 is 11.3 Å². The predicted molar refractivity (Wildman–Crippen MR) is 99.1 cm³/mol. The summed E-state index contributed by atoms with van der Waals surface area (Å²) >= 11 is 1.47. The molecule has 0 radical (unpaired) electrons. The third-order valence-electron chi connectivity index (χ3n) is 3.91. The third-order valence-corrected chi connectivity index (χ3v) is 5.03. The average Bonchev–Trinajstić information content (AvgIpc) is 2.82. The van der Waals surface area contributed by atoms with Crippen LogP contribution < -0.4 is 5.32 Å². The number of nitriles is 1. The van der Waals surface area contributed by atoms with Crippen LogP contribution in [0.25, 0.3) is 0 Å². The second-order valence-electron chi connectivity index (χ2n) is 5.84. The molecule has 0 atom stereocenters. The summed E-state index contributed by atoms with van der Waals surface area (Å²) in [6.45, 7) is 7.92. The van der Waals surface area contributed by atoms with Gasteiger partial charge in [0.25, 0.3) is 0 Å². The van der Waals surface area contributed by atoms with Gasteiger partial charge in [0.1, 0.15) is 11.1 Å². The fourth-order valence-corrected chi connectivity index (χ4v) is 3.62. The molecule has 126 valence electrons. The van der Waals surface area contributed by atoms with Crippen LogP contribution in [0.15, 0.2) is 30.3 Å². The van der Waals surface area contributed by atoms with Gasteiger partial charge in [-0.2, -0.15) is 5.26 Å². The van der Waals surface area contributed by atoms with Gasteiger partial charge in [-0.25, -0.2) is 0 Å². The number of nitrogens with one attached hydrogen (secondary N) is 1. The lowest BCUT2D eigenvalue weighted by atomic mass is 10.2. The van der Waals surface area contributed by atoms with Gasteiger partial charge in [-0.1, -0.05) is 37.3 Å². The molecular weight excluding hydrogens is 318 g/mol. The highest BCUT2D eigenvalue weighted by atomic mass is 32.1. The van der Waals surface area contributed by atoms with Crippen molar-refractivity contribution in [2.45, 2.75) is 33.7 Å². The van der Waals surface area contributed by atoms with Crippen LogP contribution in [-0.4, -0.2) is 23.9 Å². The Morgan fingerprint density at radius 1 is 1.29 bits per heavy atom. The highest BCUT2D eigenvalue weighted by Gasteiger charge is 2.16. The normalized spacial score (nSPS) is 10.6. The molecule has 0 saturated heterocycles. The molecular formula is C19H23N3OS. The number of aryl methyl sites for hydroxylation is 1. The minimum Gasteiger partial charge on any atom is -0.315 e. The number of carbonyl (C=O) groups is 1. The van der Waals surface area contributed by atoms with Crippen molar-refractivity contribution in [3.8, 4) is 6.07 Å². The Balaban J connectivity index is 2.03. The number of hydrogen-bond acceptors (Lipinski definition) is 4. The average molecular weight is 341 g/mol. The molecule has 2 aromatic rings. The second kappa shape index (κ2) is 8.62. The topological polar surface area (TPSA) is 56.1 Å². The highest BCUT2D eigenvalue weighted by molar-refractivity contribution is 7.16.